The van der Waals surface area contributed by atoms with Crippen molar-refractivity contribution < 1.29 is 18.0 Å². The second-order valence-corrected chi connectivity index (χ2v) is 8.35. The monoisotopic (exact) mass is 477 g/mol. The van der Waals surface area contributed by atoms with Crippen molar-refractivity contribution in [2.45, 2.75) is 12.6 Å². The highest BCUT2D eigenvalue weighted by Crippen LogP contribution is 2.30. The van der Waals surface area contributed by atoms with E-state index in [9.17, 15) is 18.0 Å². The Hall–Kier alpha value is -4.01. The minimum Gasteiger partial charge on any atom is -0.355 e. The van der Waals surface area contributed by atoms with E-state index < -0.39 is 11.7 Å². The van der Waals surface area contributed by atoms with E-state index in [1.165, 1.54) is 6.07 Å². The first kappa shape index (κ1) is 22.8. The predicted molar refractivity (Wildman–Crippen MR) is 127 cm³/mol. The third-order valence-corrected chi connectivity index (χ3v) is 6.09. The van der Waals surface area contributed by atoms with Crippen molar-refractivity contribution in [3.63, 3.8) is 0 Å². The number of alkyl halides is 3. The molecule has 0 unspecified atom stereocenters. The fraction of sp³-hybridized carbons (Fsp3) is 0.231. The van der Waals surface area contributed by atoms with Gasteiger partial charge in [-0.15, -0.1) is 0 Å². The van der Waals surface area contributed by atoms with Crippen molar-refractivity contribution in [1.82, 2.24) is 19.9 Å². The summed E-state index contributed by atoms with van der Waals surface area (Å²) in [4.78, 5) is 30.3. The van der Waals surface area contributed by atoms with Crippen LogP contribution < -0.4 is 4.90 Å². The van der Waals surface area contributed by atoms with Crippen LogP contribution in [0.5, 0.6) is 0 Å². The summed E-state index contributed by atoms with van der Waals surface area (Å²) >= 11 is 0. The topological polar surface area (TPSA) is 62.2 Å². The average molecular weight is 477 g/mol. The average Bonchev–Trinajstić information content (AvgIpc) is 3.14. The molecule has 1 amide bonds. The Morgan fingerprint density at radius 1 is 0.914 bits per heavy atom. The highest BCUT2D eigenvalue weighted by Gasteiger charge is 2.31. The molecule has 6 nitrogen and oxygen atoms in total. The SMILES string of the molecule is O=C(c1cc(-c2cccnc2)nc2ccccc12)N1CCCN(c2ccc(C(F)(F)F)cn2)CC1. The van der Waals surface area contributed by atoms with Gasteiger partial charge in [-0.25, -0.2) is 9.97 Å². The Labute approximate surface area is 200 Å². The number of aromatic nitrogens is 3. The minimum absolute atomic E-state index is 0.101. The third-order valence-electron chi connectivity index (χ3n) is 6.09. The van der Waals surface area contributed by atoms with Gasteiger partial charge in [-0.1, -0.05) is 18.2 Å². The lowest BCUT2D eigenvalue weighted by atomic mass is 10.0. The first-order valence-corrected chi connectivity index (χ1v) is 11.3. The molecule has 1 aliphatic rings. The van der Waals surface area contributed by atoms with E-state index in [0.29, 0.717) is 49.7 Å². The van der Waals surface area contributed by atoms with Crippen molar-refractivity contribution in [2.75, 3.05) is 31.1 Å². The largest absolute Gasteiger partial charge is 0.417 e. The quantitative estimate of drug-likeness (QED) is 0.413. The van der Waals surface area contributed by atoms with Crippen molar-refractivity contribution >= 4 is 22.6 Å². The Balaban J connectivity index is 1.39. The Morgan fingerprint density at radius 2 is 1.77 bits per heavy atom. The van der Waals surface area contributed by atoms with Gasteiger partial charge in [0, 0.05) is 55.7 Å². The summed E-state index contributed by atoms with van der Waals surface area (Å²) in [6.07, 6.45) is 0.506. The van der Waals surface area contributed by atoms with Crippen molar-refractivity contribution in [3.8, 4) is 11.3 Å². The standard InChI is InChI=1S/C26H22F3N5O/c27-26(28,29)19-8-9-24(31-17-19)33-11-4-12-34(14-13-33)25(35)21-15-23(18-5-3-10-30-16-18)32-22-7-2-1-6-20(21)22/h1-3,5-10,15-17H,4,11-14H2. The number of para-hydroxylation sites is 1. The number of carbonyl (C=O) groups excluding carboxylic acids is 1. The fourth-order valence-electron chi connectivity index (χ4n) is 4.28. The van der Waals surface area contributed by atoms with Gasteiger partial charge in [0.1, 0.15) is 5.82 Å². The number of carbonyl (C=O) groups is 1. The van der Waals surface area contributed by atoms with E-state index in [1.54, 1.807) is 17.3 Å². The van der Waals surface area contributed by atoms with E-state index in [0.717, 1.165) is 28.7 Å². The van der Waals surface area contributed by atoms with E-state index in [1.807, 2.05) is 47.4 Å². The van der Waals surface area contributed by atoms with Crippen molar-refractivity contribution in [1.29, 1.82) is 0 Å². The number of benzene rings is 1. The molecule has 5 rings (SSSR count). The molecule has 0 spiro atoms. The minimum atomic E-state index is -4.42. The molecule has 0 atom stereocenters. The molecule has 4 heterocycles. The first-order valence-electron chi connectivity index (χ1n) is 11.3. The molecular formula is C26H22F3N5O. The van der Waals surface area contributed by atoms with Gasteiger partial charge in [-0.3, -0.25) is 9.78 Å². The van der Waals surface area contributed by atoms with Crippen LogP contribution in [-0.4, -0.2) is 51.9 Å². The number of halogens is 3. The van der Waals surface area contributed by atoms with Crippen LogP contribution in [0.15, 0.2) is 73.2 Å². The van der Waals surface area contributed by atoms with Crippen LogP contribution in [0, 0.1) is 0 Å². The zero-order valence-corrected chi connectivity index (χ0v) is 18.7. The highest BCUT2D eigenvalue weighted by molar-refractivity contribution is 6.07. The Morgan fingerprint density at radius 3 is 2.51 bits per heavy atom. The molecule has 9 heteroatoms. The molecule has 35 heavy (non-hydrogen) atoms. The third kappa shape index (κ3) is 4.80. The molecular weight excluding hydrogens is 455 g/mol. The Kier molecular flexibility index (Phi) is 6.07. The molecule has 0 bridgehead atoms. The van der Waals surface area contributed by atoms with Gasteiger partial charge in [0.2, 0.25) is 0 Å². The van der Waals surface area contributed by atoms with Gasteiger partial charge in [0.15, 0.2) is 0 Å². The van der Waals surface area contributed by atoms with Crippen molar-refractivity contribution in [3.05, 3.63) is 84.3 Å². The molecule has 1 aromatic carbocycles. The summed E-state index contributed by atoms with van der Waals surface area (Å²) in [5.41, 5.74) is 2.01. The van der Waals surface area contributed by atoms with Crippen LogP contribution in [0.2, 0.25) is 0 Å². The molecule has 4 aromatic rings. The van der Waals surface area contributed by atoms with Crippen LogP contribution in [0.1, 0.15) is 22.3 Å². The first-order chi connectivity index (χ1) is 16.9. The molecule has 1 saturated heterocycles. The van der Waals surface area contributed by atoms with Gasteiger partial charge >= 0.3 is 6.18 Å². The fourth-order valence-corrected chi connectivity index (χ4v) is 4.28. The summed E-state index contributed by atoms with van der Waals surface area (Å²) in [6, 6.07) is 15.5. The molecule has 0 aliphatic carbocycles. The summed E-state index contributed by atoms with van der Waals surface area (Å²) in [7, 11) is 0. The van der Waals surface area contributed by atoms with Crippen LogP contribution >= 0.6 is 0 Å². The lowest BCUT2D eigenvalue weighted by Crippen LogP contribution is -2.35. The molecule has 1 fully saturated rings. The van der Waals surface area contributed by atoms with Gasteiger partial charge < -0.3 is 9.80 Å². The van der Waals surface area contributed by atoms with Crippen molar-refractivity contribution in [2.24, 2.45) is 0 Å². The van der Waals surface area contributed by atoms with Crippen LogP contribution in [0.25, 0.3) is 22.2 Å². The maximum absolute atomic E-state index is 13.7. The number of hydrogen-bond acceptors (Lipinski definition) is 5. The predicted octanol–water partition coefficient (Wildman–Crippen LogP) is 5.06. The number of hydrogen-bond donors (Lipinski definition) is 0. The number of nitrogens with zero attached hydrogens (tertiary/aromatic N) is 5. The molecule has 178 valence electrons. The number of fused-ring (bicyclic) bond motifs is 1. The van der Waals surface area contributed by atoms with E-state index in [4.69, 9.17) is 4.98 Å². The lowest BCUT2D eigenvalue weighted by molar-refractivity contribution is -0.137. The summed E-state index contributed by atoms with van der Waals surface area (Å²) < 4.78 is 38.6. The zero-order valence-electron chi connectivity index (χ0n) is 18.7. The second-order valence-electron chi connectivity index (χ2n) is 8.35. The molecule has 0 radical (unpaired) electrons. The van der Waals surface area contributed by atoms with E-state index in [2.05, 4.69) is 9.97 Å². The highest BCUT2D eigenvalue weighted by atomic mass is 19.4. The van der Waals surface area contributed by atoms with E-state index in [-0.39, 0.29) is 5.91 Å². The lowest BCUT2D eigenvalue weighted by Gasteiger charge is -2.23. The molecule has 0 saturated carbocycles. The second kappa shape index (κ2) is 9.32. The molecule has 3 aromatic heterocycles. The van der Waals surface area contributed by atoms with Crippen LogP contribution in [0.3, 0.4) is 0 Å². The maximum Gasteiger partial charge on any atom is 0.417 e. The molecule has 1 aliphatic heterocycles. The summed E-state index contributed by atoms with van der Waals surface area (Å²) in [5, 5.41) is 0.774. The number of pyridine rings is 3. The van der Waals surface area contributed by atoms with Gasteiger partial charge in [0.05, 0.1) is 22.3 Å². The zero-order chi connectivity index (χ0) is 24.4. The summed E-state index contributed by atoms with van der Waals surface area (Å²) in [6.45, 7) is 2.04. The van der Waals surface area contributed by atoms with Gasteiger partial charge in [-0.05, 0) is 42.8 Å². The Bertz CT molecular complexity index is 1340. The maximum atomic E-state index is 13.7. The summed E-state index contributed by atoms with van der Waals surface area (Å²) in [5.74, 6) is 0.372. The molecule has 0 N–H and O–H groups in total. The van der Waals surface area contributed by atoms with Gasteiger partial charge in [-0.2, -0.15) is 13.2 Å². The smallest absolute Gasteiger partial charge is 0.355 e. The van der Waals surface area contributed by atoms with E-state index >= 15 is 0 Å². The number of rotatable bonds is 3. The normalized spacial score (nSPS) is 14.7. The van der Waals surface area contributed by atoms with Crippen LogP contribution in [-0.2, 0) is 6.18 Å². The van der Waals surface area contributed by atoms with Gasteiger partial charge in [0.25, 0.3) is 5.91 Å². The van der Waals surface area contributed by atoms with Crippen LogP contribution in [0.4, 0.5) is 19.0 Å². The number of amides is 1. The number of anilines is 1.